The van der Waals surface area contributed by atoms with Gasteiger partial charge in [-0.15, -0.1) is 0 Å². The van der Waals surface area contributed by atoms with Crippen LogP contribution in [0.1, 0.15) is 43.1 Å². The van der Waals surface area contributed by atoms with Gasteiger partial charge in [-0.1, -0.05) is 55.5 Å². The Labute approximate surface area is 230 Å². The van der Waals surface area contributed by atoms with Crippen molar-refractivity contribution in [1.82, 2.24) is 9.55 Å². The van der Waals surface area contributed by atoms with Crippen LogP contribution in [-0.4, -0.2) is 47.7 Å². The first-order chi connectivity index (χ1) is 18.9. The second-order valence-electron chi connectivity index (χ2n) is 10.3. The first-order valence-corrected chi connectivity index (χ1v) is 13.6. The number of nitrogens with zero attached hydrogens (tertiary/aromatic N) is 4. The molecular formula is C32H36N4O3. The molecule has 2 heterocycles. The van der Waals surface area contributed by atoms with E-state index >= 15 is 0 Å². The van der Waals surface area contributed by atoms with E-state index in [-0.39, 0.29) is 30.3 Å². The zero-order chi connectivity index (χ0) is 27.5. The Morgan fingerprint density at radius 3 is 2.56 bits per heavy atom. The number of para-hydroxylation sites is 4. The largest absolute Gasteiger partial charge is 0.383 e. The molecule has 1 aromatic heterocycles. The molecule has 0 saturated carbocycles. The lowest BCUT2D eigenvalue weighted by Crippen LogP contribution is -2.44. The predicted molar refractivity (Wildman–Crippen MR) is 155 cm³/mol. The van der Waals surface area contributed by atoms with Crippen molar-refractivity contribution in [2.75, 3.05) is 30.1 Å². The van der Waals surface area contributed by atoms with Crippen LogP contribution in [0.2, 0.25) is 0 Å². The highest BCUT2D eigenvalue weighted by Gasteiger charge is 2.36. The van der Waals surface area contributed by atoms with Crippen molar-refractivity contribution in [2.45, 2.75) is 52.1 Å². The smallest absolute Gasteiger partial charge is 0.247 e. The van der Waals surface area contributed by atoms with Gasteiger partial charge in [0.25, 0.3) is 0 Å². The Hall–Kier alpha value is -3.97. The van der Waals surface area contributed by atoms with Gasteiger partial charge < -0.3 is 19.1 Å². The summed E-state index contributed by atoms with van der Waals surface area (Å²) in [5.74, 6) is 0.694. The minimum atomic E-state index is -0.159. The summed E-state index contributed by atoms with van der Waals surface area (Å²) >= 11 is 0. The number of imidazole rings is 1. The molecule has 2 atom stereocenters. The molecule has 0 spiro atoms. The lowest BCUT2D eigenvalue weighted by molar-refractivity contribution is -0.120. The number of hydrogen-bond donors (Lipinski definition) is 0. The van der Waals surface area contributed by atoms with Crippen LogP contribution in [0.4, 0.5) is 11.4 Å². The molecule has 0 radical (unpaired) electrons. The summed E-state index contributed by atoms with van der Waals surface area (Å²) in [6.07, 6.45) is 1.17. The number of carbonyl (C=O) groups is 2. The number of methoxy groups -OCH3 is 1. The maximum absolute atomic E-state index is 14.3. The molecule has 1 saturated heterocycles. The summed E-state index contributed by atoms with van der Waals surface area (Å²) in [7, 11) is 1.66. The van der Waals surface area contributed by atoms with Crippen molar-refractivity contribution in [3.05, 3.63) is 89.7 Å². The average Bonchev–Trinajstić information content (AvgIpc) is 3.50. The number of aromatic nitrogens is 2. The third kappa shape index (κ3) is 5.19. The summed E-state index contributed by atoms with van der Waals surface area (Å²) in [6, 6.07) is 23.6. The SMILES string of the molecule is CCc1cccc(C)c1N(C(=O)Cn1c([C@@H]2CC(=O)N(c3ccccc3)C2)nc2ccccc21)[C@@H](C)COC. The fraction of sp³-hybridized carbons (Fsp3) is 0.344. The van der Waals surface area contributed by atoms with Crippen LogP contribution in [0.15, 0.2) is 72.8 Å². The summed E-state index contributed by atoms with van der Waals surface area (Å²) in [5, 5.41) is 0. The highest BCUT2D eigenvalue weighted by Crippen LogP contribution is 2.34. The van der Waals surface area contributed by atoms with Crippen molar-refractivity contribution < 1.29 is 14.3 Å². The Morgan fingerprint density at radius 1 is 1.08 bits per heavy atom. The van der Waals surface area contributed by atoms with E-state index in [1.54, 1.807) is 7.11 Å². The molecule has 0 N–H and O–H groups in total. The maximum atomic E-state index is 14.3. The van der Waals surface area contributed by atoms with E-state index in [4.69, 9.17) is 9.72 Å². The number of rotatable bonds is 9. The van der Waals surface area contributed by atoms with Crippen LogP contribution in [0.5, 0.6) is 0 Å². The molecule has 1 fully saturated rings. The van der Waals surface area contributed by atoms with Gasteiger partial charge in [0, 0.05) is 31.7 Å². The van der Waals surface area contributed by atoms with Crippen molar-refractivity contribution in [3.8, 4) is 0 Å². The lowest BCUT2D eigenvalue weighted by atomic mass is 10.0. The molecule has 7 heteroatoms. The number of anilines is 2. The zero-order valence-corrected chi connectivity index (χ0v) is 23.1. The van der Waals surface area contributed by atoms with Gasteiger partial charge in [0.2, 0.25) is 11.8 Å². The second-order valence-corrected chi connectivity index (χ2v) is 10.3. The quantitative estimate of drug-likeness (QED) is 0.290. The number of carbonyl (C=O) groups excluding carboxylic acids is 2. The molecule has 202 valence electrons. The molecule has 7 nitrogen and oxygen atoms in total. The number of hydrogen-bond acceptors (Lipinski definition) is 4. The van der Waals surface area contributed by atoms with Crippen LogP contribution in [0, 0.1) is 6.92 Å². The summed E-state index contributed by atoms with van der Waals surface area (Å²) in [6.45, 7) is 7.25. The highest BCUT2D eigenvalue weighted by atomic mass is 16.5. The molecule has 1 aliphatic rings. The number of ether oxygens (including phenoxy) is 1. The maximum Gasteiger partial charge on any atom is 0.247 e. The Kier molecular flexibility index (Phi) is 7.79. The monoisotopic (exact) mass is 524 g/mol. The molecule has 39 heavy (non-hydrogen) atoms. The van der Waals surface area contributed by atoms with Crippen molar-refractivity contribution in [3.63, 3.8) is 0 Å². The lowest BCUT2D eigenvalue weighted by Gasteiger charge is -2.32. The molecule has 5 rings (SSSR count). The number of aryl methyl sites for hydroxylation is 2. The van der Waals surface area contributed by atoms with Crippen molar-refractivity contribution in [2.24, 2.45) is 0 Å². The number of amides is 2. The van der Waals surface area contributed by atoms with E-state index in [2.05, 4.69) is 26.0 Å². The predicted octanol–water partition coefficient (Wildman–Crippen LogP) is 5.50. The molecular weight excluding hydrogens is 488 g/mol. The van der Waals surface area contributed by atoms with Crippen molar-refractivity contribution >= 4 is 34.2 Å². The van der Waals surface area contributed by atoms with Gasteiger partial charge in [-0.2, -0.15) is 0 Å². The van der Waals surface area contributed by atoms with E-state index in [9.17, 15) is 9.59 Å². The van der Waals surface area contributed by atoms with E-state index in [0.29, 0.717) is 19.6 Å². The van der Waals surface area contributed by atoms with Crippen LogP contribution < -0.4 is 9.80 Å². The molecule has 0 aliphatic carbocycles. The first-order valence-electron chi connectivity index (χ1n) is 13.6. The van der Waals surface area contributed by atoms with Gasteiger partial charge in [0.1, 0.15) is 12.4 Å². The first kappa shape index (κ1) is 26.6. The van der Waals surface area contributed by atoms with Crippen LogP contribution in [-0.2, 0) is 27.3 Å². The fourth-order valence-corrected chi connectivity index (χ4v) is 5.78. The van der Waals surface area contributed by atoms with E-state index in [1.807, 2.05) is 82.0 Å². The van der Waals surface area contributed by atoms with Gasteiger partial charge in [-0.25, -0.2) is 4.98 Å². The summed E-state index contributed by atoms with van der Waals surface area (Å²) in [5.41, 5.74) is 5.74. The molecule has 4 aromatic rings. The topological polar surface area (TPSA) is 67.7 Å². The molecule has 2 amide bonds. The normalized spacial score (nSPS) is 16.2. The molecule has 0 unspecified atom stereocenters. The summed E-state index contributed by atoms with van der Waals surface area (Å²) in [4.78, 5) is 36.0. The standard InChI is InChI=1S/C32H36N4O3/c1-5-24-13-11-12-22(2)31(24)36(23(3)21-39-4)30(38)20-35-28-17-10-9-16-27(28)33-32(35)25-18-29(37)34(19-25)26-14-7-6-8-15-26/h6-17,23,25H,5,18-21H2,1-4H3/t23-,25+/m0/s1. The van der Waals surface area contributed by atoms with Crippen molar-refractivity contribution in [1.29, 1.82) is 0 Å². The van der Waals surface area contributed by atoms with Gasteiger partial charge >= 0.3 is 0 Å². The van der Waals surface area contributed by atoms with E-state index < -0.39 is 0 Å². The minimum Gasteiger partial charge on any atom is -0.383 e. The van der Waals surface area contributed by atoms with Gasteiger partial charge in [-0.3, -0.25) is 9.59 Å². The molecule has 0 bridgehead atoms. The van der Waals surface area contributed by atoms with Gasteiger partial charge in [-0.05, 0) is 55.7 Å². The molecule has 3 aromatic carbocycles. The molecule has 1 aliphatic heterocycles. The van der Waals surface area contributed by atoms with Crippen LogP contribution >= 0.6 is 0 Å². The highest BCUT2D eigenvalue weighted by molar-refractivity contribution is 5.97. The third-order valence-corrected chi connectivity index (χ3v) is 7.60. The fourth-order valence-electron chi connectivity index (χ4n) is 5.78. The Balaban J connectivity index is 1.54. The van der Waals surface area contributed by atoms with Gasteiger partial charge in [0.15, 0.2) is 0 Å². The van der Waals surface area contributed by atoms with Crippen LogP contribution in [0.3, 0.4) is 0 Å². The van der Waals surface area contributed by atoms with E-state index in [0.717, 1.165) is 45.8 Å². The summed E-state index contributed by atoms with van der Waals surface area (Å²) < 4.78 is 7.50. The average molecular weight is 525 g/mol. The zero-order valence-electron chi connectivity index (χ0n) is 23.1. The minimum absolute atomic E-state index is 0.0304. The Morgan fingerprint density at radius 2 is 1.82 bits per heavy atom. The third-order valence-electron chi connectivity index (χ3n) is 7.60. The van der Waals surface area contributed by atoms with E-state index in [1.165, 1.54) is 0 Å². The Bertz CT molecular complexity index is 1480. The second kappa shape index (κ2) is 11.4. The van der Waals surface area contributed by atoms with Gasteiger partial charge in [0.05, 0.1) is 29.4 Å². The number of benzene rings is 3. The number of fused-ring (bicyclic) bond motifs is 1. The van der Waals surface area contributed by atoms with Crippen LogP contribution in [0.25, 0.3) is 11.0 Å².